The number of nitrogens with two attached hydrogens (primary N) is 1. The topological polar surface area (TPSA) is 152 Å². The number of piperazine rings is 1. The molecule has 3 fully saturated rings. The second kappa shape index (κ2) is 18.6. The molecular weight excluding hydrogens is 572 g/mol. The van der Waals surface area contributed by atoms with Crippen LogP contribution in [0.2, 0.25) is 0 Å². The Morgan fingerprint density at radius 1 is 1.13 bits per heavy atom. The number of anilines is 1. The molecule has 45 heavy (non-hydrogen) atoms. The number of carbonyl (C=O) groups excluding carboxylic acids is 1. The minimum absolute atomic E-state index is 0.256. The van der Waals surface area contributed by atoms with Crippen molar-refractivity contribution in [3.63, 3.8) is 0 Å². The Morgan fingerprint density at radius 2 is 1.84 bits per heavy atom. The van der Waals surface area contributed by atoms with Crippen molar-refractivity contribution in [2.45, 2.75) is 38.8 Å². The minimum Gasteiger partial charge on any atom is -0.487 e. The van der Waals surface area contributed by atoms with Crippen molar-refractivity contribution >= 4 is 36.2 Å². The number of hydrogen-bond acceptors (Lipinski definition) is 9. The van der Waals surface area contributed by atoms with Crippen molar-refractivity contribution in [1.82, 2.24) is 9.80 Å². The molecule has 0 radical (unpaired) electrons. The predicted molar refractivity (Wildman–Crippen MR) is 179 cm³/mol. The summed E-state index contributed by atoms with van der Waals surface area (Å²) < 4.78 is 11.4. The third kappa shape index (κ3) is 9.67. The van der Waals surface area contributed by atoms with Gasteiger partial charge in [0, 0.05) is 44.0 Å². The molecule has 3 saturated heterocycles. The summed E-state index contributed by atoms with van der Waals surface area (Å²) in [6, 6.07) is 16.0. The lowest BCUT2D eigenvalue weighted by Gasteiger charge is -2.43. The summed E-state index contributed by atoms with van der Waals surface area (Å²) in [5.74, 6) is 0.439. The first-order valence-electron chi connectivity index (χ1n) is 15.5. The zero-order valence-electron chi connectivity index (χ0n) is 26.6. The van der Waals surface area contributed by atoms with Crippen LogP contribution < -0.4 is 15.4 Å². The lowest BCUT2D eigenvalue weighted by molar-refractivity contribution is -0.136. The lowest BCUT2D eigenvalue weighted by Crippen LogP contribution is -2.56. The number of aliphatic hydroxyl groups is 1. The molecule has 0 spiro atoms. The number of rotatable bonds is 8. The second-order valence-electron chi connectivity index (χ2n) is 10.3. The fraction of sp³-hybridized carbons (Fsp3) is 0.485. The minimum atomic E-state index is -0.523. The molecule has 1 amide bonds. The fourth-order valence-electron chi connectivity index (χ4n) is 5.29. The van der Waals surface area contributed by atoms with E-state index in [2.05, 4.69) is 55.4 Å². The van der Waals surface area contributed by atoms with Gasteiger partial charge in [-0.05, 0) is 69.1 Å². The number of likely N-dealkylation sites (tertiary alicyclic amines) is 1. The number of nitrogens with zero attached hydrogens (tertiary/aromatic N) is 7. The van der Waals surface area contributed by atoms with Crippen LogP contribution in [0.25, 0.3) is 0 Å². The molecule has 12 nitrogen and oxygen atoms in total. The highest BCUT2D eigenvalue weighted by atomic mass is 16.5. The molecule has 1 atom stereocenters. The number of benzene rings is 2. The van der Waals surface area contributed by atoms with Crippen molar-refractivity contribution in [3.05, 3.63) is 53.6 Å². The Balaban J connectivity index is 0.00000133. The van der Waals surface area contributed by atoms with Gasteiger partial charge in [0.15, 0.2) is 5.84 Å². The van der Waals surface area contributed by atoms with Gasteiger partial charge in [-0.25, -0.2) is 15.0 Å². The smallest absolute Gasteiger partial charge is 0.248 e. The highest BCUT2D eigenvalue weighted by Gasteiger charge is 2.29. The second-order valence-corrected chi connectivity index (χ2v) is 10.3. The van der Waals surface area contributed by atoms with Crippen molar-refractivity contribution in [3.8, 4) is 11.8 Å². The maximum Gasteiger partial charge on any atom is 0.248 e. The van der Waals surface area contributed by atoms with Crippen molar-refractivity contribution in [2.24, 2.45) is 20.7 Å². The third-order valence-electron chi connectivity index (χ3n) is 7.72. The number of amides is 1. The summed E-state index contributed by atoms with van der Waals surface area (Å²) in [7, 11) is 1.50. The maximum atomic E-state index is 11.9. The number of ether oxygens (including phenoxy) is 2. The summed E-state index contributed by atoms with van der Waals surface area (Å²) in [6.07, 6.45) is 2.70. The largest absolute Gasteiger partial charge is 0.487 e. The van der Waals surface area contributed by atoms with Crippen molar-refractivity contribution in [2.75, 3.05) is 71.0 Å². The molecule has 5 rings (SSSR count). The first-order valence-corrected chi connectivity index (χ1v) is 15.5. The van der Waals surface area contributed by atoms with Crippen LogP contribution in [0, 0.1) is 11.3 Å². The molecule has 0 saturated carbocycles. The SMILES string of the molecule is C=NC(=NC=Nc1ccc(N2CCN(C3COC3)CC2)cc1)c1ccc(O[C@@H]2CCCN(C(=O)CO)C2)c(C#N)c1.CC.CN. The molecule has 3 aliphatic rings. The number of hydrogen-bond donors (Lipinski definition) is 2. The first-order chi connectivity index (χ1) is 22.1. The summed E-state index contributed by atoms with van der Waals surface area (Å²) in [4.78, 5) is 31.2. The Hall–Kier alpha value is -4.15. The molecule has 2 aromatic carbocycles. The van der Waals surface area contributed by atoms with Gasteiger partial charge in [0.05, 0.1) is 37.1 Å². The standard InChI is InChI=1S/C30H35N7O4.C2H6.CH5N/c1-32-30(22-4-9-28(23(15-22)16-31)41-27-3-2-10-37(17-27)29(39)18-38)34-21-33-24-5-7-25(8-6-24)35-11-13-36(14-12-35)26-19-40-20-26;2*1-2/h4-9,15,21,26-27,38H,1-3,10-14,17-20H2;1-2H3;2H2,1H3/t27-;;/m1../s1. The number of carbonyl (C=O) groups is 1. The molecule has 2 aromatic rings. The Kier molecular flexibility index (Phi) is 14.6. The lowest BCUT2D eigenvalue weighted by atomic mass is 10.1. The number of aliphatic imine (C=N–C) groups is 3. The average molecular weight is 619 g/mol. The van der Waals surface area contributed by atoms with Crippen molar-refractivity contribution < 1.29 is 19.4 Å². The van der Waals surface area contributed by atoms with Crippen LogP contribution in [0.4, 0.5) is 11.4 Å². The molecule has 3 heterocycles. The van der Waals surface area contributed by atoms with Crippen molar-refractivity contribution in [1.29, 1.82) is 5.26 Å². The number of piperidine rings is 1. The summed E-state index contributed by atoms with van der Waals surface area (Å²) in [5, 5.41) is 18.9. The zero-order chi connectivity index (χ0) is 32.6. The Morgan fingerprint density at radius 3 is 2.44 bits per heavy atom. The summed E-state index contributed by atoms with van der Waals surface area (Å²) >= 11 is 0. The fourth-order valence-corrected chi connectivity index (χ4v) is 5.29. The van der Waals surface area contributed by atoms with Gasteiger partial charge in [-0.1, -0.05) is 13.8 Å². The molecule has 0 unspecified atom stereocenters. The van der Waals surface area contributed by atoms with Crippen LogP contribution in [-0.4, -0.2) is 118 Å². The van der Waals surface area contributed by atoms with E-state index in [4.69, 9.17) is 14.6 Å². The van der Waals surface area contributed by atoms with E-state index in [1.165, 1.54) is 19.1 Å². The van der Waals surface area contributed by atoms with E-state index < -0.39 is 6.61 Å². The molecule has 3 aliphatic heterocycles. The van der Waals surface area contributed by atoms with Gasteiger partial charge in [0.25, 0.3) is 0 Å². The highest BCUT2D eigenvalue weighted by molar-refractivity contribution is 6.05. The van der Waals surface area contributed by atoms with E-state index in [-0.39, 0.29) is 12.0 Å². The molecule has 0 bridgehead atoms. The Labute approximate surface area is 266 Å². The molecule has 12 heteroatoms. The number of amidine groups is 1. The normalized spacial score (nSPS) is 18.9. The quantitative estimate of drug-likeness (QED) is 0.339. The Bertz CT molecular complexity index is 1330. The van der Waals surface area contributed by atoms with E-state index in [0.717, 1.165) is 57.9 Å². The van der Waals surface area contributed by atoms with Crippen LogP contribution in [0.15, 0.2) is 57.4 Å². The molecular formula is C33H46N8O4. The van der Waals surface area contributed by atoms with E-state index in [9.17, 15) is 10.1 Å². The van der Waals surface area contributed by atoms with Crippen LogP contribution in [-0.2, 0) is 9.53 Å². The van der Waals surface area contributed by atoms with Gasteiger partial charge in [0.1, 0.15) is 30.9 Å². The monoisotopic (exact) mass is 618 g/mol. The molecule has 3 N–H and O–H groups in total. The average Bonchev–Trinajstić information content (AvgIpc) is 3.08. The van der Waals surface area contributed by atoms with Crippen LogP contribution in [0.1, 0.15) is 37.8 Å². The van der Waals surface area contributed by atoms with Crippen LogP contribution in [0.5, 0.6) is 5.75 Å². The number of aliphatic hydroxyl groups excluding tert-OH is 1. The third-order valence-corrected chi connectivity index (χ3v) is 7.72. The van der Waals surface area contributed by atoms with Gasteiger partial charge < -0.3 is 30.1 Å². The number of nitriles is 1. The van der Waals surface area contributed by atoms with E-state index >= 15 is 0 Å². The van der Waals surface area contributed by atoms with Gasteiger partial charge in [-0.2, -0.15) is 5.26 Å². The van der Waals surface area contributed by atoms with Gasteiger partial charge >= 0.3 is 0 Å². The highest BCUT2D eigenvalue weighted by Crippen LogP contribution is 2.25. The molecule has 0 aliphatic carbocycles. The van der Waals surface area contributed by atoms with E-state index in [1.54, 1.807) is 23.1 Å². The first kappa shape index (κ1) is 35.3. The van der Waals surface area contributed by atoms with E-state index in [1.807, 2.05) is 26.0 Å². The molecule has 0 aromatic heterocycles. The van der Waals surface area contributed by atoms with Gasteiger partial charge in [-0.15, -0.1) is 0 Å². The predicted octanol–water partition coefficient (Wildman–Crippen LogP) is 2.85. The zero-order valence-corrected chi connectivity index (χ0v) is 26.6. The van der Waals surface area contributed by atoms with Crippen LogP contribution in [0.3, 0.4) is 0 Å². The summed E-state index contributed by atoms with van der Waals surface area (Å²) in [5.41, 5.74) is 7.39. The van der Waals surface area contributed by atoms with Gasteiger partial charge in [-0.3, -0.25) is 9.69 Å². The van der Waals surface area contributed by atoms with Gasteiger partial charge in [0.2, 0.25) is 5.91 Å². The summed E-state index contributed by atoms with van der Waals surface area (Å²) in [6.45, 7) is 13.9. The van der Waals surface area contributed by atoms with Crippen LogP contribution >= 0.6 is 0 Å². The maximum absolute atomic E-state index is 11.9. The molecule has 242 valence electrons. The van der Waals surface area contributed by atoms with E-state index in [0.29, 0.717) is 41.8 Å².